The second-order valence-electron chi connectivity index (χ2n) is 3.49. The quantitative estimate of drug-likeness (QED) is 0.532. The van der Waals surface area contributed by atoms with E-state index in [1.807, 2.05) is 34.2 Å². The van der Waals surface area contributed by atoms with E-state index in [-0.39, 0.29) is 0 Å². The predicted molar refractivity (Wildman–Crippen MR) is 42.5 cm³/mol. The van der Waals surface area contributed by atoms with Crippen LogP contribution in [0.5, 0.6) is 0 Å². The lowest BCUT2D eigenvalue weighted by Gasteiger charge is -2.25. The van der Waals surface area contributed by atoms with Crippen molar-refractivity contribution in [3.05, 3.63) is 0 Å². The molecule has 0 atom stereocenters. The molecule has 0 amide bonds. The summed E-state index contributed by atoms with van der Waals surface area (Å²) in [5, 5.41) is 0. The standard InChI is InChI=1S/C7H17OSi/c1-6(2)9(5,8)7(3)4/h6-7H,1-5H3. The third kappa shape index (κ3) is 2.10. The molecule has 0 aromatic heterocycles. The van der Waals surface area contributed by atoms with E-state index in [1.165, 1.54) is 0 Å². The zero-order valence-corrected chi connectivity index (χ0v) is 8.06. The highest BCUT2D eigenvalue weighted by Gasteiger charge is 2.35. The van der Waals surface area contributed by atoms with Crippen molar-refractivity contribution in [1.29, 1.82) is 0 Å². The van der Waals surface area contributed by atoms with Gasteiger partial charge in [0.15, 0.2) is 0 Å². The molecule has 0 heterocycles. The van der Waals surface area contributed by atoms with Crippen LogP contribution in [-0.4, -0.2) is 8.32 Å². The van der Waals surface area contributed by atoms with Crippen molar-refractivity contribution in [3.63, 3.8) is 0 Å². The van der Waals surface area contributed by atoms with E-state index >= 15 is 0 Å². The summed E-state index contributed by atoms with van der Waals surface area (Å²) in [5.74, 6) is 0. The third-order valence-electron chi connectivity index (χ3n) is 2.29. The van der Waals surface area contributed by atoms with Gasteiger partial charge in [-0.3, -0.25) is 4.80 Å². The van der Waals surface area contributed by atoms with Crippen LogP contribution in [0.15, 0.2) is 0 Å². The fourth-order valence-electron chi connectivity index (χ4n) is 0.667. The third-order valence-corrected chi connectivity index (χ3v) is 6.88. The minimum Gasteiger partial charge on any atom is -0.297 e. The van der Waals surface area contributed by atoms with Gasteiger partial charge in [-0.1, -0.05) is 27.7 Å². The van der Waals surface area contributed by atoms with Gasteiger partial charge in [-0.2, -0.15) is 0 Å². The van der Waals surface area contributed by atoms with Crippen molar-refractivity contribution >= 4 is 8.32 Å². The Hall–Kier alpha value is 0.177. The van der Waals surface area contributed by atoms with Crippen LogP contribution < -0.4 is 0 Å². The molecule has 0 aromatic carbocycles. The zero-order valence-electron chi connectivity index (χ0n) is 7.06. The van der Waals surface area contributed by atoms with E-state index in [0.717, 1.165) is 0 Å². The lowest BCUT2D eigenvalue weighted by Crippen LogP contribution is -2.35. The average Bonchev–Trinajstić information content (AvgIpc) is 1.65. The molecule has 0 spiro atoms. The fourth-order valence-corrected chi connectivity index (χ4v) is 2.00. The van der Waals surface area contributed by atoms with Gasteiger partial charge in [0.05, 0.1) is 0 Å². The molecule has 2 heteroatoms. The van der Waals surface area contributed by atoms with Gasteiger partial charge in [0.25, 0.3) is 0 Å². The van der Waals surface area contributed by atoms with Crippen molar-refractivity contribution in [3.8, 4) is 0 Å². The highest BCUT2D eigenvalue weighted by Crippen LogP contribution is 2.29. The first-order valence-electron chi connectivity index (χ1n) is 3.59. The van der Waals surface area contributed by atoms with Gasteiger partial charge < -0.3 is 0 Å². The Morgan fingerprint density at radius 1 is 1.00 bits per heavy atom. The Kier molecular flexibility index (Phi) is 2.90. The Morgan fingerprint density at radius 2 is 1.22 bits per heavy atom. The van der Waals surface area contributed by atoms with E-state index in [2.05, 4.69) is 0 Å². The molecule has 9 heavy (non-hydrogen) atoms. The Bertz CT molecular complexity index is 76.9. The SMILES string of the molecule is CC(C)[Si](C)([O])C(C)C. The molecule has 1 nitrogen and oxygen atoms in total. The van der Waals surface area contributed by atoms with Crippen LogP contribution in [0.25, 0.3) is 0 Å². The van der Waals surface area contributed by atoms with Crippen LogP contribution in [0.2, 0.25) is 17.6 Å². The summed E-state index contributed by atoms with van der Waals surface area (Å²) in [6, 6.07) is 0. The minimum atomic E-state index is -2.11. The summed E-state index contributed by atoms with van der Waals surface area (Å²) in [4.78, 5) is 11.6. The van der Waals surface area contributed by atoms with Crippen molar-refractivity contribution in [2.75, 3.05) is 0 Å². The highest BCUT2D eigenvalue weighted by molar-refractivity contribution is 6.73. The van der Waals surface area contributed by atoms with E-state index in [0.29, 0.717) is 11.1 Å². The Morgan fingerprint density at radius 3 is 1.22 bits per heavy atom. The molecule has 0 aliphatic heterocycles. The second kappa shape index (κ2) is 2.84. The summed E-state index contributed by atoms with van der Waals surface area (Å²) in [7, 11) is -2.11. The molecular formula is C7H17OSi. The lowest BCUT2D eigenvalue weighted by molar-refractivity contribution is 0.396. The molecule has 0 aromatic rings. The van der Waals surface area contributed by atoms with E-state index in [9.17, 15) is 4.80 Å². The predicted octanol–water partition coefficient (Wildman–Crippen LogP) is 2.81. The van der Waals surface area contributed by atoms with Crippen molar-refractivity contribution in [1.82, 2.24) is 0 Å². The van der Waals surface area contributed by atoms with E-state index < -0.39 is 8.32 Å². The molecule has 0 saturated heterocycles. The average molecular weight is 145 g/mol. The van der Waals surface area contributed by atoms with Crippen LogP contribution in [0.4, 0.5) is 0 Å². The molecule has 0 N–H and O–H groups in total. The van der Waals surface area contributed by atoms with Crippen molar-refractivity contribution in [2.45, 2.75) is 45.3 Å². The molecule has 55 valence electrons. The van der Waals surface area contributed by atoms with Crippen LogP contribution >= 0.6 is 0 Å². The van der Waals surface area contributed by atoms with Crippen LogP contribution in [0, 0.1) is 0 Å². The normalized spacial score (nSPS) is 13.3. The first-order valence-corrected chi connectivity index (χ1v) is 6.15. The zero-order chi connectivity index (χ0) is 7.65. The van der Waals surface area contributed by atoms with Crippen LogP contribution in [0.3, 0.4) is 0 Å². The number of hydrogen-bond acceptors (Lipinski definition) is 0. The molecule has 0 bridgehead atoms. The summed E-state index contributed by atoms with van der Waals surface area (Å²) < 4.78 is 0. The van der Waals surface area contributed by atoms with Crippen LogP contribution in [-0.2, 0) is 4.80 Å². The van der Waals surface area contributed by atoms with E-state index in [4.69, 9.17) is 0 Å². The first-order chi connectivity index (χ1) is 3.89. The first kappa shape index (κ1) is 9.18. The molecule has 0 unspecified atom stereocenters. The maximum absolute atomic E-state index is 11.6. The maximum Gasteiger partial charge on any atom is 0.239 e. The van der Waals surface area contributed by atoms with Gasteiger partial charge >= 0.3 is 0 Å². The smallest absolute Gasteiger partial charge is 0.239 e. The Balaban J connectivity index is 4.01. The molecular weight excluding hydrogens is 128 g/mol. The van der Waals surface area contributed by atoms with E-state index in [1.54, 1.807) is 0 Å². The maximum atomic E-state index is 11.6. The highest BCUT2D eigenvalue weighted by atomic mass is 28.4. The molecule has 1 radical (unpaired) electrons. The van der Waals surface area contributed by atoms with Gasteiger partial charge in [0.1, 0.15) is 0 Å². The van der Waals surface area contributed by atoms with Crippen LogP contribution in [0.1, 0.15) is 27.7 Å². The van der Waals surface area contributed by atoms with Gasteiger partial charge in [0, 0.05) is 0 Å². The molecule has 0 saturated carbocycles. The second-order valence-corrected chi connectivity index (χ2v) is 8.17. The monoisotopic (exact) mass is 145 g/mol. The molecule has 0 rings (SSSR count). The van der Waals surface area contributed by atoms with Gasteiger partial charge in [0.2, 0.25) is 8.32 Å². The fraction of sp³-hybridized carbons (Fsp3) is 1.00. The summed E-state index contributed by atoms with van der Waals surface area (Å²) >= 11 is 0. The van der Waals surface area contributed by atoms with Gasteiger partial charge in [-0.05, 0) is 17.6 Å². The topological polar surface area (TPSA) is 19.9 Å². The number of rotatable bonds is 2. The molecule has 0 aliphatic rings. The largest absolute Gasteiger partial charge is 0.297 e. The van der Waals surface area contributed by atoms with Gasteiger partial charge in [-0.25, -0.2) is 0 Å². The molecule has 0 aliphatic carbocycles. The minimum absolute atomic E-state index is 0.373. The summed E-state index contributed by atoms with van der Waals surface area (Å²) in [6.45, 7) is 10.1. The van der Waals surface area contributed by atoms with Gasteiger partial charge in [-0.15, -0.1) is 0 Å². The summed E-state index contributed by atoms with van der Waals surface area (Å²) in [5.41, 5.74) is 0.745. The molecule has 0 fully saturated rings. The number of hydrogen-bond donors (Lipinski definition) is 0. The summed E-state index contributed by atoms with van der Waals surface area (Å²) in [6.07, 6.45) is 0. The van der Waals surface area contributed by atoms with Crippen molar-refractivity contribution < 1.29 is 4.80 Å². The van der Waals surface area contributed by atoms with Crippen molar-refractivity contribution in [2.24, 2.45) is 0 Å². The lowest BCUT2D eigenvalue weighted by atomic mass is 10.5. The Labute approximate surface area is 59.2 Å².